The number of halogens is 5. The van der Waals surface area contributed by atoms with Crippen molar-refractivity contribution in [1.29, 1.82) is 0 Å². The fourth-order valence-electron chi connectivity index (χ4n) is 0.237. The van der Waals surface area contributed by atoms with E-state index in [9.17, 15) is 13.2 Å². The predicted molar refractivity (Wildman–Crippen MR) is 32.2 cm³/mol. The van der Waals surface area contributed by atoms with Crippen LogP contribution in [0.5, 0.6) is 0 Å². The van der Waals surface area contributed by atoms with Gasteiger partial charge < -0.3 is 5.11 Å². The Morgan fingerprint density at radius 1 is 1.30 bits per heavy atom. The molecule has 0 aromatic rings. The highest BCUT2D eigenvalue weighted by Gasteiger charge is 2.56. The molecule has 6 heteroatoms. The second-order valence-electron chi connectivity index (χ2n) is 1.80. The molecule has 0 aromatic heterocycles. The van der Waals surface area contributed by atoms with E-state index in [1.54, 1.807) is 0 Å². The Morgan fingerprint density at radius 3 is 1.60 bits per heavy atom. The third-order valence-corrected chi connectivity index (χ3v) is 1.83. The van der Waals surface area contributed by atoms with Gasteiger partial charge in [-0.15, -0.1) is 0 Å². The molecule has 0 saturated heterocycles. The van der Waals surface area contributed by atoms with E-state index in [-0.39, 0.29) is 0 Å². The minimum absolute atomic E-state index is 0.781. The standard InChI is InChI=1S/C4H5Cl2F3O/c1-2(10)3(5,7)4(6,8)9/h2,10H,1H3. The molecule has 2 unspecified atom stereocenters. The lowest BCUT2D eigenvalue weighted by Crippen LogP contribution is -2.43. The highest BCUT2D eigenvalue weighted by molar-refractivity contribution is 6.32. The van der Waals surface area contributed by atoms with Crippen molar-refractivity contribution in [3.63, 3.8) is 0 Å². The van der Waals surface area contributed by atoms with Crippen LogP contribution in [0.2, 0.25) is 0 Å². The number of alkyl halides is 5. The second kappa shape index (κ2) is 2.75. The summed E-state index contributed by atoms with van der Waals surface area (Å²) in [7, 11) is 0. The summed E-state index contributed by atoms with van der Waals surface area (Å²) in [6.07, 6.45) is -2.03. The molecule has 0 bridgehead atoms. The second-order valence-corrected chi connectivity index (χ2v) is 2.82. The molecule has 0 aliphatic carbocycles. The van der Waals surface area contributed by atoms with Gasteiger partial charge in [-0.25, -0.2) is 4.39 Å². The Labute approximate surface area is 65.7 Å². The van der Waals surface area contributed by atoms with Crippen molar-refractivity contribution in [3.05, 3.63) is 0 Å². The zero-order valence-electron chi connectivity index (χ0n) is 4.91. The van der Waals surface area contributed by atoms with Crippen LogP contribution in [0.3, 0.4) is 0 Å². The van der Waals surface area contributed by atoms with Gasteiger partial charge in [0.05, 0.1) is 0 Å². The van der Waals surface area contributed by atoms with Crippen LogP contribution in [-0.2, 0) is 0 Å². The van der Waals surface area contributed by atoms with Gasteiger partial charge in [-0.2, -0.15) is 8.78 Å². The number of rotatable bonds is 2. The van der Waals surface area contributed by atoms with Crippen molar-refractivity contribution in [2.24, 2.45) is 0 Å². The third kappa shape index (κ3) is 1.90. The van der Waals surface area contributed by atoms with Crippen molar-refractivity contribution in [3.8, 4) is 0 Å². The first-order chi connectivity index (χ1) is 4.19. The van der Waals surface area contributed by atoms with Crippen LogP contribution < -0.4 is 0 Å². The lowest BCUT2D eigenvalue weighted by molar-refractivity contribution is -0.0790. The maximum Gasteiger partial charge on any atom is 0.371 e. The molecule has 0 aliphatic heterocycles. The molecular formula is C4H5Cl2F3O. The number of hydrogen-bond acceptors (Lipinski definition) is 1. The van der Waals surface area contributed by atoms with E-state index in [1.165, 1.54) is 0 Å². The normalized spacial score (nSPS) is 21.9. The molecule has 0 heterocycles. The number of hydrogen-bond donors (Lipinski definition) is 1. The average molecular weight is 197 g/mol. The van der Waals surface area contributed by atoms with E-state index < -0.39 is 16.6 Å². The molecule has 0 fully saturated rings. The molecule has 0 amide bonds. The Morgan fingerprint density at radius 2 is 1.60 bits per heavy atom. The molecule has 0 saturated carbocycles. The van der Waals surface area contributed by atoms with E-state index >= 15 is 0 Å². The summed E-state index contributed by atoms with van der Waals surface area (Å²) in [6.45, 7) is 0.781. The highest BCUT2D eigenvalue weighted by atomic mass is 35.5. The molecule has 0 aliphatic rings. The summed E-state index contributed by atoms with van der Waals surface area (Å²) in [5.41, 5.74) is 0. The van der Waals surface area contributed by atoms with E-state index in [0.29, 0.717) is 0 Å². The van der Waals surface area contributed by atoms with Gasteiger partial charge >= 0.3 is 5.38 Å². The molecular weight excluding hydrogens is 192 g/mol. The quantitative estimate of drug-likeness (QED) is 0.672. The van der Waals surface area contributed by atoms with Crippen molar-refractivity contribution in [2.45, 2.75) is 23.5 Å². The monoisotopic (exact) mass is 196 g/mol. The summed E-state index contributed by atoms with van der Waals surface area (Å²) in [5, 5.41) is 0.481. The summed E-state index contributed by atoms with van der Waals surface area (Å²) in [4.78, 5) is 0. The minimum atomic E-state index is -4.26. The van der Waals surface area contributed by atoms with Crippen molar-refractivity contribution in [2.75, 3.05) is 0 Å². The lowest BCUT2D eigenvalue weighted by atomic mass is 10.2. The van der Waals surface area contributed by atoms with E-state index in [1.807, 2.05) is 0 Å². The Kier molecular flexibility index (Phi) is 2.85. The van der Waals surface area contributed by atoms with Crippen LogP contribution in [0.15, 0.2) is 0 Å². The Hall–Kier alpha value is 0.330. The fraction of sp³-hybridized carbons (Fsp3) is 1.00. The maximum absolute atomic E-state index is 12.4. The van der Waals surface area contributed by atoms with Crippen molar-refractivity contribution >= 4 is 23.2 Å². The van der Waals surface area contributed by atoms with Crippen molar-refractivity contribution < 1.29 is 18.3 Å². The van der Waals surface area contributed by atoms with Gasteiger partial charge in [0.1, 0.15) is 6.10 Å². The van der Waals surface area contributed by atoms with Crippen LogP contribution in [0.4, 0.5) is 13.2 Å². The summed E-state index contributed by atoms with van der Waals surface area (Å²) >= 11 is 8.77. The van der Waals surface area contributed by atoms with Crippen molar-refractivity contribution in [1.82, 2.24) is 0 Å². The molecule has 0 radical (unpaired) electrons. The van der Waals surface area contributed by atoms with Gasteiger partial charge in [-0.1, -0.05) is 11.6 Å². The van der Waals surface area contributed by atoms with Crippen LogP contribution >= 0.6 is 23.2 Å². The largest absolute Gasteiger partial charge is 0.388 e. The van der Waals surface area contributed by atoms with Gasteiger partial charge in [0.25, 0.3) is 5.13 Å². The van der Waals surface area contributed by atoms with E-state index in [2.05, 4.69) is 23.2 Å². The molecule has 2 atom stereocenters. The summed E-state index contributed by atoms with van der Waals surface area (Å²) < 4.78 is 36.1. The minimum Gasteiger partial charge on any atom is -0.388 e. The van der Waals surface area contributed by atoms with Gasteiger partial charge in [0.15, 0.2) is 0 Å². The fourth-order valence-corrected chi connectivity index (χ4v) is 0.395. The summed E-state index contributed by atoms with van der Waals surface area (Å²) in [6, 6.07) is 0. The maximum atomic E-state index is 12.4. The average Bonchev–Trinajstić information content (AvgIpc) is 1.62. The number of aliphatic hydroxyl groups is 1. The highest BCUT2D eigenvalue weighted by Crippen LogP contribution is 2.41. The first-order valence-corrected chi connectivity index (χ1v) is 3.08. The molecule has 0 aromatic carbocycles. The molecule has 62 valence electrons. The van der Waals surface area contributed by atoms with Gasteiger partial charge in [0.2, 0.25) is 0 Å². The van der Waals surface area contributed by atoms with Crippen LogP contribution in [0.1, 0.15) is 6.92 Å². The first kappa shape index (κ1) is 10.3. The number of aliphatic hydroxyl groups excluding tert-OH is 1. The van der Waals surface area contributed by atoms with Gasteiger partial charge in [-0.05, 0) is 18.5 Å². The Bertz CT molecular complexity index is 120. The Balaban J connectivity index is 4.40. The zero-order valence-corrected chi connectivity index (χ0v) is 6.43. The van der Waals surface area contributed by atoms with Crippen LogP contribution in [0, 0.1) is 0 Å². The van der Waals surface area contributed by atoms with E-state index in [4.69, 9.17) is 5.11 Å². The van der Waals surface area contributed by atoms with Crippen LogP contribution in [-0.4, -0.2) is 21.7 Å². The van der Waals surface area contributed by atoms with E-state index in [0.717, 1.165) is 6.92 Å². The van der Waals surface area contributed by atoms with Gasteiger partial charge in [0, 0.05) is 0 Å². The SMILES string of the molecule is CC(O)C(F)(Cl)C(F)(F)Cl. The molecule has 10 heavy (non-hydrogen) atoms. The predicted octanol–water partition coefficient (Wildman–Crippen LogP) is 2.10. The smallest absolute Gasteiger partial charge is 0.371 e. The third-order valence-electron chi connectivity index (χ3n) is 0.903. The molecule has 0 rings (SSSR count). The van der Waals surface area contributed by atoms with Crippen LogP contribution in [0.25, 0.3) is 0 Å². The molecule has 1 nitrogen and oxygen atoms in total. The van der Waals surface area contributed by atoms with Gasteiger partial charge in [-0.3, -0.25) is 0 Å². The molecule has 1 N–H and O–H groups in total. The zero-order chi connectivity index (χ0) is 8.58. The first-order valence-electron chi connectivity index (χ1n) is 2.32. The summed E-state index contributed by atoms with van der Waals surface area (Å²) in [5.74, 6) is 0. The topological polar surface area (TPSA) is 20.2 Å². The molecule has 0 spiro atoms. The lowest BCUT2D eigenvalue weighted by Gasteiger charge is -2.24.